The molecule has 30 heavy (non-hydrogen) atoms. The number of nitrogens with one attached hydrogen (secondary N) is 2. The monoisotopic (exact) mass is 392 g/mol. The van der Waals surface area contributed by atoms with Crippen LogP contribution >= 0.6 is 0 Å². The quantitative estimate of drug-likeness (QED) is 0.359. The van der Waals surface area contributed by atoms with Crippen molar-refractivity contribution in [3.63, 3.8) is 0 Å². The van der Waals surface area contributed by atoms with Gasteiger partial charge in [-0.25, -0.2) is 0 Å². The second kappa shape index (κ2) is 8.46. The van der Waals surface area contributed by atoms with E-state index in [0.29, 0.717) is 0 Å². The molecular weight excluding hydrogens is 364 g/mol. The molecule has 0 bridgehead atoms. The van der Waals surface area contributed by atoms with Gasteiger partial charge in [-0.2, -0.15) is 0 Å². The van der Waals surface area contributed by atoms with E-state index in [1.54, 1.807) is 0 Å². The molecule has 0 unspecified atom stereocenters. The van der Waals surface area contributed by atoms with Crippen molar-refractivity contribution in [2.45, 2.75) is 27.7 Å². The van der Waals surface area contributed by atoms with Gasteiger partial charge in [0.25, 0.3) is 0 Å². The van der Waals surface area contributed by atoms with E-state index in [9.17, 15) is 0 Å². The van der Waals surface area contributed by atoms with Crippen LogP contribution in [0.4, 0.5) is 22.7 Å². The maximum absolute atomic E-state index is 3.56. The average Bonchev–Trinajstić information content (AvgIpc) is 2.75. The zero-order chi connectivity index (χ0) is 21.1. The van der Waals surface area contributed by atoms with Gasteiger partial charge in [0.2, 0.25) is 0 Å². The van der Waals surface area contributed by atoms with Gasteiger partial charge in [0, 0.05) is 22.7 Å². The number of hydrogen-bond acceptors (Lipinski definition) is 2. The summed E-state index contributed by atoms with van der Waals surface area (Å²) in [6.07, 6.45) is 0. The molecule has 150 valence electrons. The summed E-state index contributed by atoms with van der Waals surface area (Å²) >= 11 is 0. The fourth-order valence-electron chi connectivity index (χ4n) is 3.80. The van der Waals surface area contributed by atoms with Gasteiger partial charge in [-0.3, -0.25) is 0 Å². The lowest BCUT2D eigenvalue weighted by Crippen LogP contribution is -1.96. The number of benzene rings is 4. The van der Waals surface area contributed by atoms with Crippen molar-refractivity contribution >= 4 is 22.7 Å². The molecule has 0 atom stereocenters. The van der Waals surface area contributed by atoms with Crippen molar-refractivity contribution in [3.8, 4) is 11.1 Å². The molecule has 4 aromatic carbocycles. The first kappa shape index (κ1) is 19.8. The normalized spacial score (nSPS) is 10.7. The maximum atomic E-state index is 3.56. The largest absolute Gasteiger partial charge is 0.355 e. The van der Waals surface area contributed by atoms with Gasteiger partial charge in [-0.05, 0) is 85.3 Å². The second-order valence-electron chi connectivity index (χ2n) is 7.94. The molecule has 0 aliphatic rings. The zero-order valence-electron chi connectivity index (χ0n) is 18.1. The highest BCUT2D eigenvalue weighted by molar-refractivity contribution is 5.73. The smallest absolute Gasteiger partial charge is 0.0443 e. The van der Waals surface area contributed by atoms with Gasteiger partial charge in [-0.15, -0.1) is 0 Å². The van der Waals surface area contributed by atoms with Crippen LogP contribution in [0.15, 0.2) is 84.9 Å². The highest BCUT2D eigenvalue weighted by Gasteiger charge is 2.05. The fraction of sp³-hybridized carbons (Fsp3) is 0.143. The topological polar surface area (TPSA) is 24.1 Å². The van der Waals surface area contributed by atoms with E-state index in [-0.39, 0.29) is 0 Å². The van der Waals surface area contributed by atoms with E-state index in [4.69, 9.17) is 0 Å². The highest BCUT2D eigenvalue weighted by Crippen LogP contribution is 2.29. The second-order valence-corrected chi connectivity index (χ2v) is 7.94. The van der Waals surface area contributed by atoms with Gasteiger partial charge in [0.1, 0.15) is 0 Å². The molecule has 0 radical (unpaired) electrons. The minimum absolute atomic E-state index is 1.10. The molecule has 0 aliphatic heterocycles. The molecule has 0 saturated carbocycles. The Kier molecular flexibility index (Phi) is 5.58. The zero-order valence-corrected chi connectivity index (χ0v) is 18.1. The lowest BCUT2D eigenvalue weighted by molar-refractivity contribution is 1.36. The van der Waals surface area contributed by atoms with Crippen LogP contribution in [-0.2, 0) is 0 Å². The Hall–Kier alpha value is -3.52. The molecule has 0 heterocycles. The Labute approximate surface area is 179 Å². The Morgan fingerprint density at radius 2 is 0.700 bits per heavy atom. The van der Waals surface area contributed by atoms with E-state index >= 15 is 0 Å². The molecule has 0 saturated heterocycles. The molecule has 0 aliphatic carbocycles. The molecule has 0 aromatic heterocycles. The first-order valence-corrected chi connectivity index (χ1v) is 10.4. The van der Waals surface area contributed by atoms with Crippen LogP contribution in [0.5, 0.6) is 0 Å². The Balaban J connectivity index is 1.49. The van der Waals surface area contributed by atoms with Crippen LogP contribution in [0, 0.1) is 27.7 Å². The molecule has 2 nitrogen and oxygen atoms in total. The van der Waals surface area contributed by atoms with Crippen LogP contribution in [0.1, 0.15) is 22.3 Å². The minimum atomic E-state index is 1.10. The van der Waals surface area contributed by atoms with Crippen LogP contribution in [0.3, 0.4) is 0 Å². The SMILES string of the molecule is Cc1cccc(C)c1Nc1ccc(-c2ccc(Nc3c(C)cccc3C)cc2)cc1. The third-order valence-corrected chi connectivity index (χ3v) is 5.60. The lowest BCUT2D eigenvalue weighted by Gasteiger charge is -2.14. The van der Waals surface area contributed by atoms with E-state index in [2.05, 4.69) is 123 Å². The van der Waals surface area contributed by atoms with Gasteiger partial charge >= 0.3 is 0 Å². The van der Waals surface area contributed by atoms with Gasteiger partial charge < -0.3 is 10.6 Å². The molecule has 0 amide bonds. The number of para-hydroxylation sites is 2. The van der Waals surface area contributed by atoms with Crippen molar-refractivity contribution in [1.82, 2.24) is 0 Å². The van der Waals surface area contributed by atoms with Crippen molar-refractivity contribution in [2.24, 2.45) is 0 Å². The van der Waals surface area contributed by atoms with Crippen molar-refractivity contribution in [3.05, 3.63) is 107 Å². The summed E-state index contributed by atoms with van der Waals surface area (Å²) in [4.78, 5) is 0. The number of rotatable bonds is 5. The number of aryl methyl sites for hydroxylation is 4. The summed E-state index contributed by atoms with van der Waals surface area (Å²) in [7, 11) is 0. The molecule has 2 heteroatoms. The summed E-state index contributed by atoms with van der Waals surface area (Å²) in [5, 5.41) is 7.11. The van der Waals surface area contributed by atoms with Gasteiger partial charge in [0.15, 0.2) is 0 Å². The summed E-state index contributed by atoms with van der Waals surface area (Å²) < 4.78 is 0. The standard InChI is InChI=1S/C28H28N2/c1-19-7-5-8-20(2)27(19)29-25-15-11-23(12-16-25)24-13-17-26(18-14-24)30-28-21(3)9-6-10-22(28)4/h5-18,29-30H,1-4H3. The lowest BCUT2D eigenvalue weighted by atomic mass is 10.0. The Bertz CT molecular complexity index is 1020. The van der Waals surface area contributed by atoms with E-state index in [0.717, 1.165) is 11.4 Å². The van der Waals surface area contributed by atoms with E-state index in [1.165, 1.54) is 44.8 Å². The summed E-state index contributed by atoms with van der Waals surface area (Å²) in [6, 6.07) is 30.0. The van der Waals surface area contributed by atoms with Crippen LogP contribution in [0.2, 0.25) is 0 Å². The summed E-state index contributed by atoms with van der Waals surface area (Å²) in [6.45, 7) is 8.55. The van der Waals surface area contributed by atoms with Crippen LogP contribution in [0.25, 0.3) is 11.1 Å². The fourth-order valence-corrected chi connectivity index (χ4v) is 3.80. The Morgan fingerprint density at radius 3 is 1.00 bits per heavy atom. The van der Waals surface area contributed by atoms with Crippen molar-refractivity contribution < 1.29 is 0 Å². The number of anilines is 4. The molecule has 4 aromatic rings. The van der Waals surface area contributed by atoms with Crippen molar-refractivity contribution in [2.75, 3.05) is 10.6 Å². The maximum Gasteiger partial charge on any atom is 0.0443 e. The van der Waals surface area contributed by atoms with Crippen molar-refractivity contribution in [1.29, 1.82) is 0 Å². The summed E-state index contributed by atoms with van der Waals surface area (Å²) in [5.74, 6) is 0. The minimum Gasteiger partial charge on any atom is -0.355 e. The average molecular weight is 393 g/mol. The van der Waals surface area contributed by atoms with E-state index in [1.807, 2.05) is 0 Å². The highest BCUT2D eigenvalue weighted by atomic mass is 14.9. The molecule has 2 N–H and O–H groups in total. The van der Waals surface area contributed by atoms with Crippen LogP contribution < -0.4 is 10.6 Å². The molecular formula is C28H28N2. The molecule has 0 spiro atoms. The number of hydrogen-bond donors (Lipinski definition) is 2. The third kappa shape index (κ3) is 4.23. The van der Waals surface area contributed by atoms with Gasteiger partial charge in [0.05, 0.1) is 0 Å². The van der Waals surface area contributed by atoms with Crippen LogP contribution in [-0.4, -0.2) is 0 Å². The Morgan fingerprint density at radius 1 is 0.400 bits per heavy atom. The summed E-state index contributed by atoms with van der Waals surface area (Å²) in [5.41, 5.74) is 12.0. The third-order valence-electron chi connectivity index (χ3n) is 5.60. The van der Waals surface area contributed by atoms with E-state index < -0.39 is 0 Å². The molecule has 0 fully saturated rings. The first-order valence-electron chi connectivity index (χ1n) is 10.4. The first-order chi connectivity index (χ1) is 14.5. The molecule has 4 rings (SSSR count). The predicted octanol–water partition coefficient (Wildman–Crippen LogP) is 8.07. The van der Waals surface area contributed by atoms with Gasteiger partial charge in [-0.1, -0.05) is 60.7 Å². The predicted molar refractivity (Wildman–Crippen MR) is 130 cm³/mol.